The molecule has 112 valence electrons. The first kappa shape index (κ1) is 12.3. The molecule has 5 atom stereocenters. The molecule has 1 saturated carbocycles. The summed E-state index contributed by atoms with van der Waals surface area (Å²) < 4.78 is 11.0. The summed E-state index contributed by atoms with van der Waals surface area (Å²) in [7, 11) is 0. The lowest BCUT2D eigenvalue weighted by Crippen LogP contribution is -2.53. The summed E-state index contributed by atoms with van der Waals surface area (Å²) >= 11 is 0. The predicted molar refractivity (Wildman–Crippen MR) is 74.2 cm³/mol. The molecule has 3 aliphatic heterocycles. The molecular weight excluding hydrogens is 270 g/mol. The van der Waals surface area contributed by atoms with E-state index in [4.69, 9.17) is 9.47 Å². The minimum absolute atomic E-state index is 0.0144. The molecule has 0 aromatic heterocycles. The smallest absolute Gasteiger partial charge is 0.231 e. The first-order chi connectivity index (χ1) is 10.2. The molecule has 3 heterocycles. The second-order valence-electron chi connectivity index (χ2n) is 6.73. The zero-order chi connectivity index (χ0) is 14.1. The van der Waals surface area contributed by atoms with E-state index in [0.29, 0.717) is 12.0 Å². The zero-order valence-corrected chi connectivity index (χ0v) is 11.7. The topological polar surface area (TPSA) is 62.2 Å². The van der Waals surface area contributed by atoms with Gasteiger partial charge in [0.2, 0.25) is 6.79 Å². The summed E-state index contributed by atoms with van der Waals surface area (Å²) in [6, 6.07) is 4.43. The van der Waals surface area contributed by atoms with Crippen molar-refractivity contribution in [3.05, 3.63) is 23.3 Å². The van der Waals surface area contributed by atoms with Crippen LogP contribution in [0.25, 0.3) is 0 Å². The van der Waals surface area contributed by atoms with E-state index in [0.717, 1.165) is 43.0 Å². The molecule has 5 rings (SSSR count). The van der Waals surface area contributed by atoms with Crippen molar-refractivity contribution in [3.8, 4) is 11.5 Å². The summed E-state index contributed by atoms with van der Waals surface area (Å²) in [5.41, 5.74) is 2.34. The molecule has 1 aliphatic carbocycles. The number of rotatable bonds is 0. The highest BCUT2D eigenvalue weighted by molar-refractivity contribution is 5.52. The average Bonchev–Trinajstić information content (AvgIpc) is 3.08. The zero-order valence-electron chi connectivity index (χ0n) is 11.7. The fourth-order valence-corrected chi connectivity index (χ4v) is 4.84. The average molecular weight is 289 g/mol. The van der Waals surface area contributed by atoms with Gasteiger partial charge in [-0.05, 0) is 48.6 Å². The molecule has 1 aromatic carbocycles. The van der Waals surface area contributed by atoms with Crippen molar-refractivity contribution >= 4 is 0 Å². The maximum atomic E-state index is 10.6. The summed E-state index contributed by atoms with van der Waals surface area (Å²) in [4.78, 5) is 2.47. The number of benzene rings is 1. The fraction of sp³-hybridized carbons (Fsp3) is 0.625. The maximum Gasteiger partial charge on any atom is 0.231 e. The van der Waals surface area contributed by atoms with Crippen LogP contribution in [0, 0.1) is 5.92 Å². The minimum Gasteiger partial charge on any atom is -0.454 e. The van der Waals surface area contributed by atoms with Crippen molar-refractivity contribution in [1.82, 2.24) is 4.90 Å². The first-order valence-corrected chi connectivity index (χ1v) is 7.75. The van der Waals surface area contributed by atoms with Crippen LogP contribution in [0.2, 0.25) is 0 Å². The largest absolute Gasteiger partial charge is 0.454 e. The molecule has 2 N–H and O–H groups in total. The summed E-state index contributed by atoms with van der Waals surface area (Å²) in [5.74, 6) is 2.05. The molecule has 5 heteroatoms. The van der Waals surface area contributed by atoms with Crippen molar-refractivity contribution in [1.29, 1.82) is 0 Å². The Kier molecular flexibility index (Phi) is 2.41. The van der Waals surface area contributed by atoms with Crippen LogP contribution in [0.4, 0.5) is 0 Å². The van der Waals surface area contributed by atoms with Crippen LogP contribution in [0.1, 0.15) is 29.9 Å². The highest BCUT2D eigenvalue weighted by Gasteiger charge is 2.52. The molecule has 1 aromatic rings. The predicted octanol–water partition coefficient (Wildman–Crippen LogP) is 0.828. The van der Waals surface area contributed by atoms with Gasteiger partial charge >= 0.3 is 0 Å². The van der Waals surface area contributed by atoms with E-state index in [1.807, 2.05) is 6.07 Å². The minimum atomic E-state index is -0.689. The van der Waals surface area contributed by atoms with Gasteiger partial charge in [0.25, 0.3) is 0 Å². The van der Waals surface area contributed by atoms with Crippen LogP contribution in [0.3, 0.4) is 0 Å². The molecule has 0 spiro atoms. The lowest BCUT2D eigenvalue weighted by molar-refractivity contribution is -0.0657. The van der Waals surface area contributed by atoms with Gasteiger partial charge in [-0.1, -0.05) is 0 Å². The molecule has 0 bridgehead atoms. The number of aliphatic hydroxyl groups excluding tert-OH is 2. The second-order valence-corrected chi connectivity index (χ2v) is 6.73. The van der Waals surface area contributed by atoms with Gasteiger partial charge in [-0.25, -0.2) is 0 Å². The Morgan fingerprint density at radius 3 is 2.81 bits per heavy atom. The van der Waals surface area contributed by atoms with Crippen molar-refractivity contribution in [2.75, 3.05) is 13.3 Å². The maximum absolute atomic E-state index is 10.6. The number of fused-ring (bicyclic) bond motifs is 3. The van der Waals surface area contributed by atoms with Gasteiger partial charge in [0.1, 0.15) is 0 Å². The van der Waals surface area contributed by atoms with Crippen molar-refractivity contribution in [2.45, 2.75) is 43.6 Å². The molecule has 5 nitrogen and oxygen atoms in total. The standard InChI is InChI=1S/C16H19NO4/c18-11-3-8-1-2-17-6-9-4-12-13(21-7-20-12)5-10(9)14(15(8)17)16(11)19/h4-5,8,11,14-16,18-19H,1-3,6-7H2/t8-,11+,14+,15-,16+/m1/s1. The van der Waals surface area contributed by atoms with E-state index in [1.165, 1.54) is 5.56 Å². The van der Waals surface area contributed by atoms with Gasteiger partial charge in [0.15, 0.2) is 11.5 Å². The van der Waals surface area contributed by atoms with Crippen LogP contribution in [0.15, 0.2) is 12.1 Å². The fourth-order valence-electron chi connectivity index (χ4n) is 4.84. The van der Waals surface area contributed by atoms with E-state index in [-0.39, 0.29) is 12.7 Å². The molecule has 1 saturated heterocycles. The van der Waals surface area contributed by atoms with Crippen molar-refractivity contribution in [2.24, 2.45) is 5.92 Å². The molecule has 0 amide bonds. The third-order valence-corrected chi connectivity index (χ3v) is 5.73. The number of aliphatic hydroxyl groups is 2. The van der Waals surface area contributed by atoms with Crippen LogP contribution < -0.4 is 9.47 Å². The molecule has 2 fully saturated rings. The lowest BCUT2D eigenvalue weighted by Gasteiger charge is -2.47. The molecule has 21 heavy (non-hydrogen) atoms. The Balaban J connectivity index is 1.66. The number of hydrogen-bond acceptors (Lipinski definition) is 5. The Bertz CT molecular complexity index is 604. The van der Waals surface area contributed by atoms with Crippen LogP contribution in [-0.4, -0.2) is 46.7 Å². The number of hydrogen-bond donors (Lipinski definition) is 2. The van der Waals surface area contributed by atoms with E-state index in [1.54, 1.807) is 0 Å². The van der Waals surface area contributed by atoms with Gasteiger partial charge < -0.3 is 19.7 Å². The summed E-state index contributed by atoms with van der Waals surface area (Å²) in [6.07, 6.45) is 0.531. The summed E-state index contributed by atoms with van der Waals surface area (Å²) in [5, 5.41) is 20.8. The van der Waals surface area contributed by atoms with Gasteiger partial charge in [0.05, 0.1) is 12.2 Å². The highest BCUT2D eigenvalue weighted by atomic mass is 16.7. The van der Waals surface area contributed by atoms with Crippen LogP contribution in [0.5, 0.6) is 11.5 Å². The summed E-state index contributed by atoms with van der Waals surface area (Å²) in [6.45, 7) is 2.23. The Hall–Kier alpha value is -1.30. The Morgan fingerprint density at radius 1 is 1.14 bits per heavy atom. The normalized spacial score (nSPS) is 40.0. The van der Waals surface area contributed by atoms with Gasteiger partial charge in [-0.15, -0.1) is 0 Å². The second kappa shape index (κ2) is 4.12. The monoisotopic (exact) mass is 289 g/mol. The Morgan fingerprint density at radius 2 is 1.95 bits per heavy atom. The van der Waals surface area contributed by atoms with Gasteiger partial charge in [-0.2, -0.15) is 0 Å². The third-order valence-electron chi connectivity index (χ3n) is 5.73. The SMILES string of the molecule is O[C@@H]1[C@H]2c3cc4c(cc3CN3CC[C@H](C[C@@H]1O)[C@H]23)OCO4. The van der Waals surface area contributed by atoms with Crippen molar-refractivity contribution in [3.63, 3.8) is 0 Å². The first-order valence-electron chi connectivity index (χ1n) is 7.75. The molecule has 0 unspecified atom stereocenters. The molecular formula is C16H19NO4. The van der Waals surface area contributed by atoms with Crippen molar-refractivity contribution < 1.29 is 19.7 Å². The van der Waals surface area contributed by atoms with E-state index >= 15 is 0 Å². The van der Waals surface area contributed by atoms with E-state index in [9.17, 15) is 10.2 Å². The number of nitrogens with zero attached hydrogens (tertiary/aromatic N) is 1. The van der Waals surface area contributed by atoms with Crippen LogP contribution in [-0.2, 0) is 6.54 Å². The van der Waals surface area contributed by atoms with Gasteiger partial charge in [-0.3, -0.25) is 4.90 Å². The molecule has 0 radical (unpaired) electrons. The molecule has 4 aliphatic rings. The van der Waals surface area contributed by atoms with Crippen LogP contribution >= 0.6 is 0 Å². The number of ether oxygens (including phenoxy) is 2. The van der Waals surface area contributed by atoms with E-state index in [2.05, 4.69) is 11.0 Å². The quantitative estimate of drug-likeness (QED) is 0.741. The lowest BCUT2D eigenvalue weighted by atomic mass is 9.68. The van der Waals surface area contributed by atoms with E-state index < -0.39 is 12.2 Å². The van der Waals surface area contributed by atoms with Gasteiger partial charge in [0, 0.05) is 18.5 Å². The third kappa shape index (κ3) is 1.57. The Labute approximate surface area is 123 Å². The highest BCUT2D eigenvalue weighted by Crippen LogP contribution is 2.51.